The summed E-state index contributed by atoms with van der Waals surface area (Å²) in [7, 11) is 5.92. The molecule has 70 heavy (non-hydrogen) atoms. The standard InChI is InChI=1S/C61H97NO8/c1-6-8-10-12-14-16-18-20-22-24-25-26-27-28-29-30-31-32-33-34-35-36-38-40-42-44-46-48-50-52-59(64)70-57(56-69-61(60(65)66)67-54-53-62(3,4)5)55-68-58(63)51-49-47-45-43-41-39-37-23-21-19-17-15-13-11-9-7-2/h8,10,14,16-17,19-20,22-23,25-26,28-29,31-32,34-35,37-38,40,44,46,57,61H,6-7,9,11-13,15,18,21,24,27,30,33,36,39,41-43,45,47-56H2,1-5H3/p+1/b10-8-,16-14-,19-17-,22-20-,26-25-,29-28-,32-31-,35-34-,37-23-,40-38-,46-44-. The van der Waals surface area contributed by atoms with E-state index in [1.165, 1.54) is 32.1 Å². The van der Waals surface area contributed by atoms with Crippen LogP contribution >= 0.6 is 0 Å². The van der Waals surface area contributed by atoms with Gasteiger partial charge in [-0.3, -0.25) is 9.59 Å². The summed E-state index contributed by atoms with van der Waals surface area (Å²) in [5, 5.41) is 9.67. The number of carboxylic acid groups (broad SMARTS) is 1. The van der Waals surface area contributed by atoms with E-state index in [0.717, 1.165) is 96.3 Å². The number of quaternary nitrogens is 1. The quantitative estimate of drug-likeness (QED) is 0.0211. The summed E-state index contributed by atoms with van der Waals surface area (Å²) in [6.07, 6.45) is 69.6. The molecule has 0 bridgehead atoms. The van der Waals surface area contributed by atoms with Gasteiger partial charge in [0.25, 0.3) is 6.29 Å². The number of likely N-dealkylation sites (N-methyl/N-ethyl adjacent to an activating group) is 1. The Bertz CT molecular complexity index is 1600. The fourth-order valence-electron chi connectivity index (χ4n) is 6.51. The van der Waals surface area contributed by atoms with Gasteiger partial charge in [-0.05, 0) is 109 Å². The average molecular weight is 973 g/mol. The lowest BCUT2D eigenvalue weighted by atomic mass is 10.1. The third-order valence-corrected chi connectivity index (χ3v) is 10.6. The molecule has 0 saturated heterocycles. The van der Waals surface area contributed by atoms with E-state index in [9.17, 15) is 19.5 Å². The lowest BCUT2D eigenvalue weighted by Gasteiger charge is -2.25. The number of carbonyl (C=O) groups is 3. The molecule has 1 N–H and O–H groups in total. The zero-order valence-electron chi connectivity index (χ0n) is 44.6. The zero-order valence-corrected chi connectivity index (χ0v) is 44.6. The van der Waals surface area contributed by atoms with Crippen molar-refractivity contribution in [1.29, 1.82) is 0 Å². The highest BCUT2D eigenvalue weighted by molar-refractivity contribution is 5.71. The highest BCUT2D eigenvalue weighted by Crippen LogP contribution is 2.11. The molecule has 0 aromatic carbocycles. The number of carboxylic acids is 1. The van der Waals surface area contributed by atoms with Gasteiger partial charge in [0.05, 0.1) is 34.4 Å². The number of allylic oxidation sites excluding steroid dienone is 22. The van der Waals surface area contributed by atoms with Crippen LogP contribution in [0.5, 0.6) is 0 Å². The first-order chi connectivity index (χ1) is 34.1. The molecule has 0 saturated carbocycles. The van der Waals surface area contributed by atoms with Crippen molar-refractivity contribution < 1.29 is 42.9 Å². The van der Waals surface area contributed by atoms with Crippen LogP contribution in [0.4, 0.5) is 0 Å². The van der Waals surface area contributed by atoms with Crippen LogP contribution in [0.25, 0.3) is 0 Å². The Kier molecular flexibility index (Phi) is 47.5. The molecule has 0 heterocycles. The van der Waals surface area contributed by atoms with Crippen molar-refractivity contribution in [3.05, 3.63) is 134 Å². The van der Waals surface area contributed by atoms with E-state index in [4.69, 9.17) is 18.9 Å². The predicted molar refractivity (Wildman–Crippen MR) is 294 cm³/mol. The Hall–Kier alpha value is -4.57. The minimum atomic E-state index is -1.54. The van der Waals surface area contributed by atoms with Crippen molar-refractivity contribution >= 4 is 17.9 Å². The maximum absolute atomic E-state index is 12.8. The summed E-state index contributed by atoms with van der Waals surface area (Å²) >= 11 is 0. The molecule has 0 amide bonds. The largest absolute Gasteiger partial charge is 0.477 e. The van der Waals surface area contributed by atoms with Crippen molar-refractivity contribution in [3.63, 3.8) is 0 Å². The number of hydrogen-bond donors (Lipinski definition) is 1. The number of aliphatic carboxylic acids is 1. The van der Waals surface area contributed by atoms with Crippen LogP contribution in [0.3, 0.4) is 0 Å². The number of ether oxygens (including phenoxy) is 4. The number of hydrogen-bond acceptors (Lipinski definition) is 7. The summed E-state index contributed by atoms with van der Waals surface area (Å²) in [5.41, 5.74) is 0. The molecular weight excluding hydrogens is 875 g/mol. The highest BCUT2D eigenvalue weighted by atomic mass is 16.7. The topological polar surface area (TPSA) is 108 Å². The Balaban J connectivity index is 4.47. The van der Waals surface area contributed by atoms with E-state index in [-0.39, 0.29) is 38.6 Å². The third kappa shape index (κ3) is 51.3. The average Bonchev–Trinajstić information content (AvgIpc) is 3.33. The van der Waals surface area contributed by atoms with E-state index < -0.39 is 24.3 Å². The number of rotatable bonds is 47. The van der Waals surface area contributed by atoms with Gasteiger partial charge in [-0.2, -0.15) is 0 Å². The molecule has 0 aromatic rings. The highest BCUT2D eigenvalue weighted by Gasteiger charge is 2.25. The first kappa shape index (κ1) is 65.4. The normalized spacial score (nSPS) is 13.9. The number of esters is 2. The van der Waals surface area contributed by atoms with Crippen molar-refractivity contribution in [1.82, 2.24) is 0 Å². The first-order valence-corrected chi connectivity index (χ1v) is 26.8. The maximum Gasteiger partial charge on any atom is 0.361 e. The third-order valence-electron chi connectivity index (χ3n) is 10.6. The minimum Gasteiger partial charge on any atom is -0.477 e. The smallest absolute Gasteiger partial charge is 0.361 e. The molecule has 0 aliphatic rings. The van der Waals surface area contributed by atoms with Gasteiger partial charge in [-0.1, -0.05) is 186 Å². The zero-order chi connectivity index (χ0) is 51.3. The molecule has 9 nitrogen and oxygen atoms in total. The molecule has 0 aliphatic heterocycles. The molecule has 0 rings (SSSR count). The van der Waals surface area contributed by atoms with Crippen LogP contribution < -0.4 is 0 Å². The number of unbranched alkanes of at least 4 members (excludes halogenated alkanes) is 10. The van der Waals surface area contributed by atoms with Crippen LogP contribution in [0.15, 0.2) is 134 Å². The van der Waals surface area contributed by atoms with Gasteiger partial charge in [-0.15, -0.1) is 0 Å². The molecule has 2 atom stereocenters. The molecular formula is C61H98NO8+. The monoisotopic (exact) mass is 973 g/mol. The number of carbonyl (C=O) groups excluding carboxylic acids is 2. The van der Waals surface area contributed by atoms with Gasteiger partial charge in [0.2, 0.25) is 0 Å². The first-order valence-electron chi connectivity index (χ1n) is 26.8. The lowest BCUT2D eigenvalue weighted by Crippen LogP contribution is -2.40. The Morgan fingerprint density at radius 1 is 0.443 bits per heavy atom. The fraction of sp³-hybridized carbons (Fsp3) is 0.590. The van der Waals surface area contributed by atoms with Gasteiger partial charge < -0.3 is 28.5 Å². The van der Waals surface area contributed by atoms with Gasteiger partial charge in [0.1, 0.15) is 13.2 Å². The van der Waals surface area contributed by atoms with E-state index in [1.807, 2.05) is 21.1 Å². The number of nitrogens with zero attached hydrogens (tertiary/aromatic N) is 1. The van der Waals surface area contributed by atoms with Crippen LogP contribution in [0.1, 0.15) is 174 Å². The van der Waals surface area contributed by atoms with Gasteiger partial charge in [-0.25, -0.2) is 4.79 Å². The lowest BCUT2D eigenvalue weighted by molar-refractivity contribution is -0.870. The molecule has 0 fully saturated rings. The summed E-state index contributed by atoms with van der Waals surface area (Å²) in [6, 6.07) is 0. The van der Waals surface area contributed by atoms with E-state index >= 15 is 0 Å². The summed E-state index contributed by atoms with van der Waals surface area (Å²) in [4.78, 5) is 37.3. The van der Waals surface area contributed by atoms with Crippen molar-refractivity contribution in [2.24, 2.45) is 0 Å². The fourth-order valence-corrected chi connectivity index (χ4v) is 6.51. The van der Waals surface area contributed by atoms with Crippen molar-refractivity contribution in [2.75, 3.05) is 47.5 Å². The van der Waals surface area contributed by atoms with Gasteiger partial charge in [0, 0.05) is 12.8 Å². The molecule has 0 aromatic heterocycles. The second-order valence-electron chi connectivity index (χ2n) is 18.4. The maximum atomic E-state index is 12.8. The summed E-state index contributed by atoms with van der Waals surface area (Å²) in [5.74, 6) is -2.13. The summed E-state index contributed by atoms with van der Waals surface area (Å²) in [6.45, 7) is 4.63. The SMILES string of the molecule is CC/C=C\C/C=C\C/C=C\C/C=C\C/C=C\C/C=C\C/C=C\C/C=C\C/C=C\CCCC(=O)OC(COC(=O)CCCCCCC/C=C\C/C=C\CCCCCC)COC(OCC[N+](C)(C)C)C(=O)O. The molecule has 2 unspecified atom stereocenters. The molecule has 9 heteroatoms. The van der Waals surface area contributed by atoms with Crippen LogP contribution in [0, 0.1) is 0 Å². The molecule has 0 spiro atoms. The predicted octanol–water partition coefficient (Wildman–Crippen LogP) is 15.5. The second kappa shape index (κ2) is 50.8. The van der Waals surface area contributed by atoms with Gasteiger partial charge >= 0.3 is 17.9 Å². The molecule has 0 aliphatic carbocycles. The Labute approximate surface area is 427 Å². The van der Waals surface area contributed by atoms with E-state index in [0.29, 0.717) is 30.3 Å². The van der Waals surface area contributed by atoms with E-state index in [2.05, 4.69) is 148 Å². The summed E-state index contributed by atoms with van der Waals surface area (Å²) < 4.78 is 22.7. The molecule has 394 valence electrons. The molecule has 0 radical (unpaired) electrons. The van der Waals surface area contributed by atoms with Gasteiger partial charge in [0.15, 0.2) is 6.10 Å². The van der Waals surface area contributed by atoms with Crippen molar-refractivity contribution in [3.8, 4) is 0 Å². The second-order valence-corrected chi connectivity index (χ2v) is 18.4. The van der Waals surface area contributed by atoms with Crippen molar-refractivity contribution in [2.45, 2.75) is 187 Å². The van der Waals surface area contributed by atoms with E-state index in [1.54, 1.807) is 0 Å². The van der Waals surface area contributed by atoms with Crippen LogP contribution in [0.2, 0.25) is 0 Å². The van der Waals surface area contributed by atoms with Crippen LogP contribution in [-0.4, -0.2) is 87.4 Å². The Morgan fingerprint density at radius 2 is 0.829 bits per heavy atom. The minimum absolute atomic E-state index is 0.166. The van der Waals surface area contributed by atoms with Crippen LogP contribution in [-0.2, 0) is 33.3 Å². The Morgan fingerprint density at radius 3 is 1.26 bits per heavy atom.